The van der Waals surface area contributed by atoms with E-state index in [0.717, 1.165) is 26.4 Å². The van der Waals surface area contributed by atoms with Gasteiger partial charge in [-0.3, -0.25) is 0 Å². The number of nitrogens with one attached hydrogen (secondary N) is 1. The van der Waals surface area contributed by atoms with Crippen molar-refractivity contribution in [1.29, 1.82) is 0 Å². The molecule has 90 valence electrons. The van der Waals surface area contributed by atoms with Crippen molar-refractivity contribution in [3.63, 3.8) is 0 Å². The number of hydrogen-bond donors (Lipinski definition) is 1. The molecule has 0 bridgehead atoms. The van der Waals surface area contributed by atoms with Gasteiger partial charge in [0, 0.05) is 6.54 Å². The molecule has 15 heavy (non-hydrogen) atoms. The van der Waals surface area contributed by atoms with Gasteiger partial charge in [0.25, 0.3) is 0 Å². The smallest absolute Gasteiger partial charge is 0.192 e. The first kappa shape index (κ1) is 13.2. The maximum absolute atomic E-state index is 6.13. The zero-order chi connectivity index (χ0) is 11.5. The Labute approximate surface area is 94.7 Å². The summed E-state index contributed by atoms with van der Waals surface area (Å²) in [5.41, 5.74) is 0. The molecule has 0 radical (unpaired) electrons. The van der Waals surface area contributed by atoms with Crippen LogP contribution < -0.4 is 5.32 Å². The zero-order valence-corrected chi connectivity index (χ0v) is 11.7. The molecular weight excluding hydrogens is 206 g/mol. The van der Waals surface area contributed by atoms with Gasteiger partial charge in [-0.25, -0.2) is 0 Å². The lowest BCUT2D eigenvalue weighted by molar-refractivity contribution is 0.0569. The molecule has 1 N–H and O–H groups in total. The summed E-state index contributed by atoms with van der Waals surface area (Å²) in [5.74, 6) is 0. The summed E-state index contributed by atoms with van der Waals surface area (Å²) in [4.78, 5) is 0. The minimum Gasteiger partial charge on any atom is -0.415 e. The normalized spacial score (nSPS) is 24.2. The lowest BCUT2D eigenvalue weighted by atomic mass is 10.2. The van der Waals surface area contributed by atoms with Crippen LogP contribution in [0.1, 0.15) is 20.8 Å². The van der Waals surface area contributed by atoms with Crippen molar-refractivity contribution in [3.8, 4) is 0 Å². The Kier molecular flexibility index (Phi) is 4.35. The summed E-state index contributed by atoms with van der Waals surface area (Å²) < 4.78 is 11.5. The Balaban J connectivity index is 2.35. The first-order valence-corrected chi connectivity index (χ1v) is 8.69. The van der Waals surface area contributed by atoms with E-state index in [-0.39, 0.29) is 0 Å². The second-order valence-electron chi connectivity index (χ2n) is 5.80. The topological polar surface area (TPSA) is 30.5 Å². The first-order chi connectivity index (χ1) is 6.83. The maximum Gasteiger partial charge on any atom is 0.192 e. The third-order valence-electron chi connectivity index (χ3n) is 3.45. The molecule has 4 heteroatoms. The van der Waals surface area contributed by atoms with Gasteiger partial charge in [-0.1, -0.05) is 20.8 Å². The molecule has 1 saturated heterocycles. The van der Waals surface area contributed by atoms with Crippen LogP contribution in [-0.2, 0) is 9.16 Å². The van der Waals surface area contributed by atoms with Gasteiger partial charge in [-0.2, -0.15) is 0 Å². The van der Waals surface area contributed by atoms with Crippen LogP contribution in [0, 0.1) is 0 Å². The van der Waals surface area contributed by atoms with Crippen molar-refractivity contribution >= 4 is 8.32 Å². The van der Waals surface area contributed by atoms with Crippen molar-refractivity contribution in [1.82, 2.24) is 5.32 Å². The van der Waals surface area contributed by atoms with Gasteiger partial charge in [-0.15, -0.1) is 0 Å². The summed E-state index contributed by atoms with van der Waals surface area (Å²) in [5, 5.41) is 3.71. The molecule has 1 aliphatic heterocycles. The van der Waals surface area contributed by atoms with Crippen LogP contribution in [-0.4, -0.2) is 40.7 Å². The van der Waals surface area contributed by atoms with E-state index in [2.05, 4.69) is 39.2 Å². The fourth-order valence-corrected chi connectivity index (χ4v) is 2.30. The average molecular weight is 231 g/mol. The lowest BCUT2D eigenvalue weighted by Gasteiger charge is -2.37. The van der Waals surface area contributed by atoms with E-state index in [1.54, 1.807) is 0 Å². The Morgan fingerprint density at radius 3 is 2.53 bits per heavy atom. The van der Waals surface area contributed by atoms with E-state index in [9.17, 15) is 0 Å². The Hall–Kier alpha value is 0.0969. The Bertz CT molecular complexity index is 195. The van der Waals surface area contributed by atoms with E-state index in [1.165, 1.54) is 0 Å². The van der Waals surface area contributed by atoms with E-state index >= 15 is 0 Å². The van der Waals surface area contributed by atoms with Crippen LogP contribution in [0.4, 0.5) is 0 Å². The van der Waals surface area contributed by atoms with Crippen LogP contribution in [0.3, 0.4) is 0 Å². The predicted octanol–water partition coefficient (Wildman–Crippen LogP) is 2.00. The molecule has 0 unspecified atom stereocenters. The fourth-order valence-electron chi connectivity index (χ4n) is 1.25. The number of ether oxygens (including phenoxy) is 1. The molecule has 0 aliphatic carbocycles. The van der Waals surface area contributed by atoms with Gasteiger partial charge in [0.15, 0.2) is 8.32 Å². The van der Waals surface area contributed by atoms with Crippen molar-refractivity contribution in [3.05, 3.63) is 0 Å². The molecule has 1 atom stereocenters. The van der Waals surface area contributed by atoms with Crippen LogP contribution >= 0.6 is 0 Å². The molecule has 1 heterocycles. The maximum atomic E-state index is 6.13. The average Bonchev–Trinajstić information content (AvgIpc) is 2.15. The molecular formula is C11H25NO2Si. The van der Waals surface area contributed by atoms with Gasteiger partial charge in [0.1, 0.15) is 0 Å². The molecule has 1 rings (SSSR count). The summed E-state index contributed by atoms with van der Waals surface area (Å²) in [7, 11) is -1.58. The summed E-state index contributed by atoms with van der Waals surface area (Å²) >= 11 is 0. The highest BCUT2D eigenvalue weighted by atomic mass is 28.4. The van der Waals surface area contributed by atoms with E-state index in [1.807, 2.05) is 0 Å². The lowest BCUT2D eigenvalue weighted by Crippen LogP contribution is -2.49. The molecule has 0 spiro atoms. The number of hydrogen-bond acceptors (Lipinski definition) is 3. The van der Waals surface area contributed by atoms with Crippen molar-refractivity contribution in [2.75, 3.05) is 26.4 Å². The molecule has 0 amide bonds. The van der Waals surface area contributed by atoms with Crippen molar-refractivity contribution < 1.29 is 9.16 Å². The van der Waals surface area contributed by atoms with Crippen molar-refractivity contribution in [2.24, 2.45) is 0 Å². The molecule has 0 aromatic carbocycles. The van der Waals surface area contributed by atoms with Gasteiger partial charge in [-0.05, 0) is 18.1 Å². The van der Waals surface area contributed by atoms with Gasteiger partial charge in [0.2, 0.25) is 0 Å². The summed E-state index contributed by atoms with van der Waals surface area (Å²) in [6, 6.07) is 0.382. The number of rotatable bonds is 3. The highest BCUT2D eigenvalue weighted by Gasteiger charge is 2.37. The third kappa shape index (κ3) is 3.87. The minimum absolute atomic E-state index is 0.294. The summed E-state index contributed by atoms with van der Waals surface area (Å²) in [6.07, 6.45) is 0. The second-order valence-corrected chi connectivity index (χ2v) is 10.6. The van der Waals surface area contributed by atoms with Gasteiger partial charge in [0.05, 0.1) is 25.9 Å². The van der Waals surface area contributed by atoms with Crippen LogP contribution in [0.5, 0.6) is 0 Å². The van der Waals surface area contributed by atoms with Gasteiger partial charge < -0.3 is 14.5 Å². The predicted molar refractivity (Wildman–Crippen MR) is 65.8 cm³/mol. The molecule has 0 saturated carbocycles. The Morgan fingerprint density at radius 2 is 2.07 bits per heavy atom. The van der Waals surface area contributed by atoms with Gasteiger partial charge >= 0.3 is 0 Å². The largest absolute Gasteiger partial charge is 0.415 e. The molecule has 1 fully saturated rings. The fraction of sp³-hybridized carbons (Fsp3) is 1.00. The van der Waals surface area contributed by atoms with E-state index < -0.39 is 8.32 Å². The minimum atomic E-state index is -1.58. The molecule has 3 nitrogen and oxygen atoms in total. The monoisotopic (exact) mass is 231 g/mol. The number of morpholine rings is 1. The van der Waals surface area contributed by atoms with E-state index in [4.69, 9.17) is 9.16 Å². The van der Waals surface area contributed by atoms with Crippen LogP contribution in [0.15, 0.2) is 0 Å². The van der Waals surface area contributed by atoms with E-state index in [0.29, 0.717) is 11.1 Å². The first-order valence-electron chi connectivity index (χ1n) is 5.78. The SMILES string of the molecule is CC(C)(C)[Si](C)(C)OC[C@@H]1COCCN1. The highest BCUT2D eigenvalue weighted by Crippen LogP contribution is 2.36. The highest BCUT2D eigenvalue weighted by molar-refractivity contribution is 6.74. The standard InChI is InChI=1S/C11H25NO2Si/c1-11(2,3)15(4,5)14-9-10-8-13-7-6-12-10/h10,12H,6-9H2,1-5H3/t10-/m0/s1. The quantitative estimate of drug-likeness (QED) is 0.754. The van der Waals surface area contributed by atoms with Crippen LogP contribution in [0.25, 0.3) is 0 Å². The van der Waals surface area contributed by atoms with Crippen LogP contribution in [0.2, 0.25) is 18.1 Å². The summed E-state index contributed by atoms with van der Waals surface area (Å²) in [6.45, 7) is 14.7. The second kappa shape index (κ2) is 4.95. The Morgan fingerprint density at radius 1 is 1.40 bits per heavy atom. The third-order valence-corrected chi connectivity index (χ3v) is 7.95. The van der Waals surface area contributed by atoms with Crippen molar-refractivity contribution in [2.45, 2.75) is 44.9 Å². The molecule has 0 aromatic rings. The molecule has 0 aromatic heterocycles. The zero-order valence-electron chi connectivity index (χ0n) is 10.7. The molecule has 1 aliphatic rings.